The Morgan fingerprint density at radius 3 is 1.65 bits per heavy atom. The molecule has 11 aromatic carbocycles. The van der Waals surface area contributed by atoms with Crippen molar-refractivity contribution in [1.29, 1.82) is 0 Å². The van der Waals surface area contributed by atoms with Crippen molar-refractivity contribution in [1.82, 2.24) is 4.57 Å². The van der Waals surface area contributed by atoms with Crippen molar-refractivity contribution in [2.75, 3.05) is 4.90 Å². The highest BCUT2D eigenvalue weighted by atomic mass is 32.1. The van der Waals surface area contributed by atoms with Crippen LogP contribution in [-0.2, 0) is 0 Å². The molecule has 2 aromatic heterocycles. The van der Waals surface area contributed by atoms with Gasteiger partial charge in [-0.3, -0.25) is 0 Å². The number of hydrogen-bond acceptors (Lipinski definition) is 2. The zero-order valence-corrected chi connectivity index (χ0v) is 36.2. The molecule has 13 aromatic rings. The number of nitrogens with zero attached hydrogens (tertiary/aromatic N) is 2. The minimum absolute atomic E-state index is 1.09. The quantitative estimate of drug-likeness (QED) is 0.145. The van der Waals surface area contributed by atoms with Gasteiger partial charge in [0, 0.05) is 53.6 Å². The van der Waals surface area contributed by atoms with E-state index in [0.717, 1.165) is 22.7 Å². The third-order valence-electron chi connectivity index (χ3n) is 13.2. The van der Waals surface area contributed by atoms with Crippen LogP contribution in [0.1, 0.15) is 0 Å². The largest absolute Gasteiger partial charge is 0.310 e. The lowest BCUT2D eigenvalue weighted by Gasteiger charge is -2.27. The minimum atomic E-state index is 1.09. The Balaban J connectivity index is 1.01. The summed E-state index contributed by atoms with van der Waals surface area (Å²) in [5.74, 6) is 0. The summed E-state index contributed by atoms with van der Waals surface area (Å²) in [5, 5.41) is 10.2. The van der Waals surface area contributed by atoms with E-state index < -0.39 is 0 Å². The molecule has 0 saturated heterocycles. The van der Waals surface area contributed by atoms with Crippen molar-refractivity contribution in [2.45, 2.75) is 0 Å². The van der Waals surface area contributed by atoms with Crippen LogP contribution in [0.2, 0.25) is 0 Å². The molecule has 13 rings (SSSR count). The predicted octanol–water partition coefficient (Wildman–Crippen LogP) is 17.9. The van der Waals surface area contributed by atoms with Crippen LogP contribution >= 0.6 is 11.3 Å². The van der Waals surface area contributed by atoms with E-state index >= 15 is 0 Å². The predicted molar refractivity (Wildman–Crippen MR) is 280 cm³/mol. The lowest BCUT2D eigenvalue weighted by atomic mass is 9.92. The van der Waals surface area contributed by atoms with Crippen molar-refractivity contribution < 1.29 is 0 Å². The zero-order chi connectivity index (χ0) is 42.8. The summed E-state index contributed by atoms with van der Waals surface area (Å²) in [6.07, 6.45) is 0. The van der Waals surface area contributed by atoms with Crippen LogP contribution in [0.25, 0.3) is 103 Å². The number of anilines is 3. The molecule has 0 spiro atoms. The van der Waals surface area contributed by atoms with Crippen molar-refractivity contribution in [3.05, 3.63) is 243 Å². The van der Waals surface area contributed by atoms with E-state index in [0.29, 0.717) is 0 Å². The Kier molecular flexibility index (Phi) is 8.75. The topological polar surface area (TPSA) is 8.17 Å². The average molecular weight is 845 g/mol. The van der Waals surface area contributed by atoms with Crippen molar-refractivity contribution in [3.63, 3.8) is 0 Å². The van der Waals surface area contributed by atoms with E-state index in [9.17, 15) is 0 Å². The second kappa shape index (κ2) is 15.2. The summed E-state index contributed by atoms with van der Waals surface area (Å²) in [6.45, 7) is 0. The molecule has 0 aliphatic rings. The third-order valence-corrected chi connectivity index (χ3v) is 14.3. The van der Waals surface area contributed by atoms with Crippen molar-refractivity contribution in [3.8, 4) is 39.1 Å². The highest BCUT2D eigenvalue weighted by molar-refractivity contribution is 7.25. The smallest absolute Gasteiger partial charge is 0.0541 e. The Morgan fingerprint density at radius 1 is 0.292 bits per heavy atom. The molecule has 0 amide bonds. The van der Waals surface area contributed by atoms with E-state index in [-0.39, 0.29) is 0 Å². The molecule has 0 aliphatic heterocycles. The fourth-order valence-corrected chi connectivity index (χ4v) is 11.4. The minimum Gasteiger partial charge on any atom is -0.310 e. The fourth-order valence-electron chi connectivity index (χ4n) is 10.2. The Hall–Kier alpha value is -8.24. The van der Waals surface area contributed by atoms with Gasteiger partial charge < -0.3 is 9.47 Å². The van der Waals surface area contributed by atoms with Crippen LogP contribution in [0.15, 0.2) is 243 Å². The summed E-state index contributed by atoms with van der Waals surface area (Å²) in [5.41, 5.74) is 14.0. The molecule has 0 fully saturated rings. The van der Waals surface area contributed by atoms with Crippen molar-refractivity contribution in [2.24, 2.45) is 0 Å². The normalized spacial score (nSPS) is 11.7. The van der Waals surface area contributed by atoms with E-state index in [1.165, 1.54) is 96.9 Å². The number of para-hydroxylation sites is 4. The van der Waals surface area contributed by atoms with Gasteiger partial charge in [0.2, 0.25) is 0 Å². The maximum Gasteiger partial charge on any atom is 0.0541 e. The van der Waals surface area contributed by atoms with Gasteiger partial charge in [-0.15, -0.1) is 11.3 Å². The lowest BCUT2D eigenvalue weighted by Crippen LogP contribution is -2.10. The maximum absolute atomic E-state index is 2.45. The number of fused-ring (bicyclic) bond motifs is 9. The van der Waals surface area contributed by atoms with Crippen LogP contribution < -0.4 is 4.90 Å². The molecule has 0 radical (unpaired) electrons. The average Bonchev–Trinajstić information content (AvgIpc) is 3.92. The second-order valence-corrected chi connectivity index (χ2v) is 17.9. The molecule has 2 nitrogen and oxygen atoms in total. The summed E-state index contributed by atoms with van der Waals surface area (Å²) in [4.78, 5) is 2.40. The summed E-state index contributed by atoms with van der Waals surface area (Å²) in [6, 6.07) is 89.1. The lowest BCUT2D eigenvalue weighted by molar-refractivity contribution is 1.18. The zero-order valence-electron chi connectivity index (χ0n) is 35.4. The molecule has 0 saturated carbocycles. The van der Waals surface area contributed by atoms with Gasteiger partial charge in [-0.2, -0.15) is 0 Å². The monoisotopic (exact) mass is 844 g/mol. The first-order chi connectivity index (χ1) is 32.2. The van der Waals surface area contributed by atoms with Crippen LogP contribution in [0.5, 0.6) is 0 Å². The Labute approximate surface area is 381 Å². The molecular formula is C62H40N2S. The molecule has 0 aliphatic carbocycles. The van der Waals surface area contributed by atoms with Crippen LogP contribution in [0.4, 0.5) is 17.1 Å². The van der Waals surface area contributed by atoms with Gasteiger partial charge in [-0.25, -0.2) is 0 Å². The highest BCUT2D eigenvalue weighted by Gasteiger charge is 2.21. The maximum atomic E-state index is 2.45. The van der Waals surface area contributed by atoms with E-state index in [2.05, 4.69) is 252 Å². The highest BCUT2D eigenvalue weighted by Crippen LogP contribution is 2.46. The number of benzene rings is 11. The van der Waals surface area contributed by atoms with Gasteiger partial charge in [-0.05, 0) is 122 Å². The van der Waals surface area contributed by atoms with Crippen LogP contribution in [0, 0.1) is 0 Å². The second-order valence-electron chi connectivity index (χ2n) is 16.8. The van der Waals surface area contributed by atoms with Gasteiger partial charge in [0.25, 0.3) is 0 Å². The third kappa shape index (κ3) is 6.16. The van der Waals surface area contributed by atoms with Gasteiger partial charge >= 0.3 is 0 Å². The number of rotatable bonds is 7. The Morgan fingerprint density at radius 2 is 0.862 bits per heavy atom. The van der Waals surface area contributed by atoms with Crippen molar-refractivity contribution >= 4 is 91.9 Å². The summed E-state index contributed by atoms with van der Waals surface area (Å²) < 4.78 is 5.04. The molecule has 0 unspecified atom stereocenters. The van der Waals surface area contributed by atoms with E-state index in [4.69, 9.17) is 0 Å². The fraction of sp³-hybridized carbons (Fsp3) is 0. The molecule has 3 heteroatoms. The van der Waals surface area contributed by atoms with E-state index in [1.54, 1.807) is 0 Å². The molecule has 2 heterocycles. The van der Waals surface area contributed by atoms with E-state index in [1.807, 2.05) is 11.3 Å². The standard InChI is InChI=1S/C62H40N2S/c1-2-17-44(18-3-1)63(45-33-30-41(31-34-45)56-38-42-16-4-5-19-47(42)48-20-6-7-21-49(48)56)46-35-37-50(57(40-46)43-32-36-55-54-25-11-15-29-61(54)65-62(55)39-43)51-22-8-12-26-58(51)64-59-27-13-9-23-52(59)53-24-10-14-28-60(53)64/h1-40H. The first-order valence-electron chi connectivity index (χ1n) is 22.2. The number of aromatic nitrogens is 1. The summed E-state index contributed by atoms with van der Waals surface area (Å²) >= 11 is 1.87. The first kappa shape index (κ1) is 37.3. The number of hydrogen-bond donors (Lipinski definition) is 0. The van der Waals surface area contributed by atoms with Crippen LogP contribution in [0.3, 0.4) is 0 Å². The van der Waals surface area contributed by atoms with Gasteiger partial charge in [0.1, 0.15) is 0 Å². The van der Waals surface area contributed by atoms with Gasteiger partial charge in [0.05, 0.1) is 16.7 Å². The molecule has 0 N–H and O–H groups in total. The van der Waals surface area contributed by atoms with Gasteiger partial charge in [0.15, 0.2) is 0 Å². The molecule has 0 atom stereocenters. The summed E-state index contributed by atoms with van der Waals surface area (Å²) in [7, 11) is 0. The SMILES string of the molecule is c1ccc(N(c2ccc(-c3cc4ccccc4c4ccccc34)cc2)c2ccc(-c3ccccc3-n3c4ccccc4c4ccccc43)c(-c3ccc4c(c3)sc3ccccc34)c2)cc1. The number of thiophene rings is 1. The molecule has 0 bridgehead atoms. The van der Waals surface area contributed by atoms with Gasteiger partial charge in [-0.1, -0.05) is 170 Å². The molecular weight excluding hydrogens is 805 g/mol. The molecule has 65 heavy (non-hydrogen) atoms. The Bertz CT molecular complexity index is 3900. The first-order valence-corrected chi connectivity index (χ1v) is 23.1. The van der Waals surface area contributed by atoms with Crippen LogP contribution in [-0.4, -0.2) is 4.57 Å². The molecule has 304 valence electrons.